The normalized spacial score (nSPS) is 11.0. The number of carbonyl (C=O) groups is 1. The SMILES string of the molecule is Cn1cnc2c1c(=O)n(CC(=O)Nc1cc(Cl)ccc1F)c(=O)n2C. The molecule has 0 aliphatic rings. The fraction of sp³-hybridized carbons (Fsp3) is 0.200. The van der Waals surface area contributed by atoms with Gasteiger partial charge in [-0.1, -0.05) is 11.6 Å². The summed E-state index contributed by atoms with van der Waals surface area (Å²) in [6.07, 6.45) is 1.40. The summed E-state index contributed by atoms with van der Waals surface area (Å²) in [6.45, 7) is -0.571. The average Bonchev–Trinajstić information content (AvgIpc) is 2.95. The van der Waals surface area contributed by atoms with E-state index in [1.54, 1.807) is 7.05 Å². The highest BCUT2D eigenvalue weighted by molar-refractivity contribution is 6.30. The van der Waals surface area contributed by atoms with E-state index < -0.39 is 29.5 Å². The summed E-state index contributed by atoms with van der Waals surface area (Å²) in [5, 5.41) is 2.54. The molecule has 8 nitrogen and oxygen atoms in total. The summed E-state index contributed by atoms with van der Waals surface area (Å²) in [5.41, 5.74) is -1.08. The third-order valence-electron chi connectivity index (χ3n) is 3.71. The molecule has 130 valence electrons. The maximum atomic E-state index is 13.7. The number of hydrogen-bond donors (Lipinski definition) is 1. The van der Waals surface area contributed by atoms with E-state index >= 15 is 0 Å². The molecular formula is C15H13ClFN5O3. The third kappa shape index (κ3) is 2.93. The van der Waals surface area contributed by atoms with Crippen LogP contribution in [0.25, 0.3) is 11.2 Å². The zero-order valence-corrected chi connectivity index (χ0v) is 14.0. The lowest BCUT2D eigenvalue weighted by molar-refractivity contribution is -0.116. The van der Waals surface area contributed by atoms with Gasteiger partial charge in [0.2, 0.25) is 5.91 Å². The van der Waals surface area contributed by atoms with Crippen LogP contribution in [0.1, 0.15) is 0 Å². The molecule has 1 amide bonds. The number of fused-ring (bicyclic) bond motifs is 1. The number of nitrogens with one attached hydrogen (secondary N) is 1. The van der Waals surface area contributed by atoms with Crippen LogP contribution in [-0.4, -0.2) is 24.6 Å². The van der Waals surface area contributed by atoms with Gasteiger partial charge in [-0.3, -0.25) is 14.2 Å². The first-order valence-electron chi connectivity index (χ1n) is 7.15. The van der Waals surface area contributed by atoms with Gasteiger partial charge < -0.3 is 9.88 Å². The number of rotatable bonds is 3. The Kier molecular flexibility index (Phi) is 4.17. The Hall–Kier alpha value is -2.94. The summed E-state index contributed by atoms with van der Waals surface area (Å²) < 4.78 is 17.1. The number of carbonyl (C=O) groups excluding carboxylic acids is 1. The molecule has 0 unspecified atom stereocenters. The molecular weight excluding hydrogens is 353 g/mol. The largest absolute Gasteiger partial charge is 0.332 e. The zero-order chi connectivity index (χ0) is 18.3. The van der Waals surface area contributed by atoms with Crippen molar-refractivity contribution in [2.24, 2.45) is 14.1 Å². The van der Waals surface area contributed by atoms with Crippen LogP contribution < -0.4 is 16.6 Å². The van der Waals surface area contributed by atoms with Crippen molar-refractivity contribution in [1.82, 2.24) is 18.7 Å². The fourth-order valence-corrected chi connectivity index (χ4v) is 2.63. The smallest absolute Gasteiger partial charge is 0.328 e. The van der Waals surface area contributed by atoms with Crippen molar-refractivity contribution in [3.8, 4) is 0 Å². The molecule has 0 saturated heterocycles. The lowest BCUT2D eigenvalue weighted by atomic mass is 10.3. The molecule has 1 N–H and O–H groups in total. The molecule has 2 aromatic heterocycles. The van der Waals surface area contributed by atoms with Crippen molar-refractivity contribution < 1.29 is 9.18 Å². The number of amides is 1. The summed E-state index contributed by atoms with van der Waals surface area (Å²) in [6, 6.07) is 3.67. The van der Waals surface area contributed by atoms with Gasteiger partial charge in [-0.05, 0) is 18.2 Å². The molecule has 1 aromatic carbocycles. The van der Waals surface area contributed by atoms with Gasteiger partial charge in [0.25, 0.3) is 5.56 Å². The number of aromatic nitrogens is 4. The van der Waals surface area contributed by atoms with E-state index in [9.17, 15) is 18.8 Å². The minimum Gasteiger partial charge on any atom is -0.328 e. The number of imidazole rings is 1. The highest BCUT2D eigenvalue weighted by atomic mass is 35.5. The fourth-order valence-electron chi connectivity index (χ4n) is 2.46. The van der Waals surface area contributed by atoms with Gasteiger partial charge in [0.15, 0.2) is 11.2 Å². The van der Waals surface area contributed by atoms with Crippen LogP contribution in [0.3, 0.4) is 0 Å². The number of nitrogens with zero attached hydrogens (tertiary/aromatic N) is 4. The predicted octanol–water partition coefficient (Wildman–Crippen LogP) is 0.865. The molecule has 10 heteroatoms. The molecule has 0 bridgehead atoms. The molecule has 3 aromatic rings. The van der Waals surface area contributed by atoms with Crippen LogP contribution in [0, 0.1) is 5.82 Å². The Morgan fingerprint density at radius 3 is 2.76 bits per heavy atom. The minimum atomic E-state index is -0.734. The van der Waals surface area contributed by atoms with E-state index in [2.05, 4.69) is 10.3 Å². The van der Waals surface area contributed by atoms with Crippen molar-refractivity contribution >= 4 is 34.4 Å². The Labute approximate surface area is 145 Å². The van der Waals surface area contributed by atoms with Gasteiger partial charge >= 0.3 is 5.69 Å². The number of aryl methyl sites for hydroxylation is 2. The first kappa shape index (κ1) is 16.9. The van der Waals surface area contributed by atoms with E-state index in [1.165, 1.54) is 34.6 Å². The van der Waals surface area contributed by atoms with Crippen molar-refractivity contribution in [3.05, 3.63) is 56.2 Å². The quantitative estimate of drug-likeness (QED) is 0.745. The van der Waals surface area contributed by atoms with E-state index in [1.807, 2.05) is 0 Å². The van der Waals surface area contributed by atoms with Crippen LogP contribution >= 0.6 is 11.6 Å². The van der Waals surface area contributed by atoms with Crippen LogP contribution in [0.15, 0.2) is 34.1 Å². The highest BCUT2D eigenvalue weighted by Gasteiger charge is 2.17. The number of hydrogen-bond acceptors (Lipinski definition) is 4. The molecule has 0 spiro atoms. The third-order valence-corrected chi connectivity index (χ3v) is 3.94. The molecule has 0 aliphatic heterocycles. The van der Waals surface area contributed by atoms with Gasteiger partial charge in [-0.2, -0.15) is 0 Å². The van der Waals surface area contributed by atoms with E-state index in [-0.39, 0.29) is 21.9 Å². The first-order chi connectivity index (χ1) is 11.8. The van der Waals surface area contributed by atoms with Gasteiger partial charge in [0.05, 0.1) is 12.0 Å². The summed E-state index contributed by atoms with van der Waals surface area (Å²) in [7, 11) is 3.05. The number of halogens is 2. The number of anilines is 1. The maximum absolute atomic E-state index is 13.7. The van der Waals surface area contributed by atoms with E-state index in [0.717, 1.165) is 10.6 Å². The van der Waals surface area contributed by atoms with Gasteiger partial charge in [0.1, 0.15) is 12.4 Å². The number of benzene rings is 1. The van der Waals surface area contributed by atoms with Crippen LogP contribution in [-0.2, 0) is 25.4 Å². The molecule has 0 saturated carbocycles. The monoisotopic (exact) mass is 365 g/mol. The van der Waals surface area contributed by atoms with Crippen molar-refractivity contribution in [1.29, 1.82) is 0 Å². The summed E-state index contributed by atoms with van der Waals surface area (Å²) in [5.74, 6) is -1.41. The Bertz CT molecular complexity index is 1110. The minimum absolute atomic E-state index is 0.135. The molecule has 25 heavy (non-hydrogen) atoms. The molecule has 0 atom stereocenters. The summed E-state index contributed by atoms with van der Waals surface area (Å²) >= 11 is 5.77. The van der Waals surface area contributed by atoms with Crippen LogP contribution in [0.4, 0.5) is 10.1 Å². The Morgan fingerprint density at radius 2 is 2.04 bits per heavy atom. The van der Waals surface area contributed by atoms with Crippen LogP contribution in [0.2, 0.25) is 5.02 Å². The lowest BCUT2D eigenvalue weighted by Crippen LogP contribution is -2.42. The zero-order valence-electron chi connectivity index (χ0n) is 13.3. The molecule has 2 heterocycles. The molecule has 0 fully saturated rings. The molecule has 0 radical (unpaired) electrons. The topological polar surface area (TPSA) is 90.9 Å². The average molecular weight is 366 g/mol. The van der Waals surface area contributed by atoms with E-state index in [0.29, 0.717) is 0 Å². The van der Waals surface area contributed by atoms with Crippen molar-refractivity contribution in [3.63, 3.8) is 0 Å². The first-order valence-corrected chi connectivity index (χ1v) is 7.53. The predicted molar refractivity (Wildman–Crippen MR) is 90.3 cm³/mol. The Balaban J connectivity index is 1.99. The lowest BCUT2D eigenvalue weighted by Gasteiger charge is -2.10. The maximum Gasteiger partial charge on any atom is 0.332 e. The second kappa shape index (κ2) is 6.17. The highest BCUT2D eigenvalue weighted by Crippen LogP contribution is 2.19. The van der Waals surface area contributed by atoms with Gasteiger partial charge in [-0.25, -0.2) is 18.7 Å². The van der Waals surface area contributed by atoms with Gasteiger partial charge in [-0.15, -0.1) is 0 Å². The molecule has 3 rings (SSSR count). The van der Waals surface area contributed by atoms with E-state index in [4.69, 9.17) is 11.6 Å². The molecule has 0 aliphatic carbocycles. The van der Waals surface area contributed by atoms with Gasteiger partial charge in [0, 0.05) is 19.1 Å². The van der Waals surface area contributed by atoms with Crippen LogP contribution in [0.5, 0.6) is 0 Å². The Morgan fingerprint density at radius 1 is 1.32 bits per heavy atom. The van der Waals surface area contributed by atoms with Crippen molar-refractivity contribution in [2.45, 2.75) is 6.54 Å². The standard InChI is InChI=1S/C15H13ClFN5O3/c1-20-7-18-13-12(20)14(24)22(15(25)21(13)2)6-11(23)19-10-5-8(16)3-4-9(10)17/h3-5,7H,6H2,1-2H3,(H,19,23). The second-order valence-electron chi connectivity index (χ2n) is 5.43. The summed E-state index contributed by atoms with van der Waals surface area (Å²) in [4.78, 5) is 41.0. The van der Waals surface area contributed by atoms with Crippen molar-refractivity contribution in [2.75, 3.05) is 5.32 Å². The second-order valence-corrected chi connectivity index (χ2v) is 5.87.